The first-order valence-electron chi connectivity index (χ1n) is 1.17. The molecule has 0 spiro atoms. The highest BCUT2D eigenvalue weighted by Crippen LogP contribution is 1.43. The van der Waals surface area contributed by atoms with Gasteiger partial charge in [0.05, 0.1) is 8.41 Å². The highest BCUT2D eigenvalue weighted by Gasteiger charge is 1.58. The molecule has 0 aliphatic heterocycles. The van der Waals surface area contributed by atoms with E-state index in [0.717, 1.165) is 0 Å². The van der Waals surface area contributed by atoms with Gasteiger partial charge < -0.3 is 0 Å². The lowest BCUT2D eigenvalue weighted by Gasteiger charge is -1.42. The maximum Gasteiger partial charge on any atom is 0.135 e. The molecule has 0 amide bonds. The Kier molecular flexibility index (Phi) is 2.03. The van der Waals surface area contributed by atoms with Crippen LogP contribution in [0.3, 0.4) is 0 Å². The van der Waals surface area contributed by atoms with E-state index in [9.17, 15) is 0 Å². The van der Waals surface area contributed by atoms with Crippen molar-refractivity contribution in [2.45, 2.75) is 0 Å². The number of hydrogen-bond acceptors (Lipinski definition) is 3. The van der Waals surface area contributed by atoms with Crippen LogP contribution in [0.1, 0.15) is 0 Å². The predicted molar refractivity (Wildman–Crippen MR) is 24.1 cm³/mol. The Morgan fingerprint density at radius 2 is 2.33 bits per heavy atom. The number of rotatable bonds is 0. The Morgan fingerprint density at radius 3 is 2.50 bits per heavy atom. The highest BCUT2D eigenvalue weighted by atomic mass is 15.5. The van der Waals surface area contributed by atoms with E-state index in [0.29, 0.717) is 0 Å². The molecule has 0 bridgehead atoms. The van der Waals surface area contributed by atoms with Gasteiger partial charge in [-0.3, -0.25) is 0 Å². The minimum Gasteiger partial charge on any atom is -0.246 e. The Hall–Kier alpha value is -0.865. The molecule has 0 aromatic carbocycles. The van der Waals surface area contributed by atoms with E-state index in [-0.39, 0.29) is 8.41 Å². The minimum absolute atomic E-state index is 0. The van der Waals surface area contributed by atoms with Crippen LogP contribution in [-0.2, 0) is 0 Å². The van der Waals surface area contributed by atoms with Crippen LogP contribution in [0.5, 0.6) is 0 Å². The van der Waals surface area contributed by atoms with Gasteiger partial charge in [0.1, 0.15) is 6.33 Å². The molecule has 0 aliphatic rings. The van der Waals surface area contributed by atoms with E-state index in [2.05, 4.69) is 20.6 Å². The first-order valence-corrected chi connectivity index (χ1v) is 1.17. The number of aromatic amines is 1. The molecule has 0 fully saturated rings. The third-order valence-corrected chi connectivity index (χ3v) is 0.270. The van der Waals surface area contributed by atoms with E-state index >= 15 is 0 Å². The topological polar surface area (TPSA) is 54.5 Å². The summed E-state index contributed by atoms with van der Waals surface area (Å²) in [5.74, 6) is 0. The molecule has 1 aromatic heterocycles. The number of tetrazole rings is 1. The molecule has 0 atom stereocenters. The minimum atomic E-state index is 0. The van der Waals surface area contributed by atoms with Crippen molar-refractivity contribution in [3.05, 3.63) is 6.33 Å². The summed E-state index contributed by atoms with van der Waals surface area (Å²) in [5.41, 5.74) is 0. The molecule has 1 rings (SSSR count). The molecule has 4 nitrogen and oxygen atoms in total. The van der Waals surface area contributed by atoms with Crippen molar-refractivity contribution in [1.29, 1.82) is 0 Å². The van der Waals surface area contributed by atoms with Gasteiger partial charge in [-0.25, -0.2) is 5.10 Å². The lowest BCUT2D eigenvalue weighted by molar-refractivity contribution is 0.881. The van der Waals surface area contributed by atoms with Gasteiger partial charge >= 0.3 is 0 Å². The molecule has 0 radical (unpaired) electrons. The molecule has 0 saturated heterocycles. The predicted octanol–water partition coefficient (Wildman–Crippen LogP) is -1.98. The summed E-state index contributed by atoms with van der Waals surface area (Å²) in [6, 6.07) is 0. The van der Waals surface area contributed by atoms with E-state index in [1.165, 1.54) is 6.33 Å². The normalized spacial score (nSPS) is 6.67. The number of aromatic nitrogens is 4. The lowest BCUT2D eigenvalue weighted by Crippen LogP contribution is -1.64. The number of nitrogens with one attached hydrogen (secondary N) is 1. The van der Waals surface area contributed by atoms with Crippen molar-refractivity contribution < 1.29 is 0 Å². The molecule has 0 aliphatic carbocycles. The first kappa shape index (κ1) is 5.13. The van der Waals surface area contributed by atoms with Crippen LogP contribution >= 0.6 is 0 Å². The Balaban J connectivity index is 0.000000250. The first-order chi connectivity index (χ1) is 2.50. The van der Waals surface area contributed by atoms with Crippen molar-refractivity contribution >= 4 is 8.41 Å². The molecule has 5 heteroatoms. The van der Waals surface area contributed by atoms with Crippen LogP contribution in [-0.4, -0.2) is 29.0 Å². The quantitative estimate of drug-likeness (QED) is 0.370. The molecular formula is CH5BN4. The molecule has 1 N–H and O–H groups in total. The molecule has 1 heterocycles. The third-order valence-electron chi connectivity index (χ3n) is 0.270. The summed E-state index contributed by atoms with van der Waals surface area (Å²) in [6.45, 7) is 0. The van der Waals surface area contributed by atoms with Crippen LogP contribution in [0, 0.1) is 0 Å². The van der Waals surface area contributed by atoms with Crippen LogP contribution in [0.25, 0.3) is 0 Å². The maximum absolute atomic E-state index is 3.31. The third kappa shape index (κ3) is 0.836. The largest absolute Gasteiger partial charge is 0.246 e. The summed E-state index contributed by atoms with van der Waals surface area (Å²) >= 11 is 0. The fraction of sp³-hybridized carbons (Fsp3) is 0. The zero-order chi connectivity index (χ0) is 3.54. The van der Waals surface area contributed by atoms with Crippen molar-refractivity contribution in [2.24, 2.45) is 0 Å². The highest BCUT2D eigenvalue weighted by molar-refractivity contribution is 5.75. The van der Waals surface area contributed by atoms with Crippen molar-refractivity contribution in [3.63, 3.8) is 0 Å². The average Bonchev–Trinajstić information content (AvgIpc) is 1.76. The Bertz CT molecular complexity index is 64.0. The van der Waals surface area contributed by atoms with Crippen molar-refractivity contribution in [1.82, 2.24) is 20.6 Å². The van der Waals surface area contributed by atoms with Crippen LogP contribution < -0.4 is 0 Å². The zero-order valence-electron chi connectivity index (χ0n) is 2.42. The van der Waals surface area contributed by atoms with Crippen LogP contribution in [0.2, 0.25) is 0 Å². The van der Waals surface area contributed by atoms with Gasteiger partial charge in [-0.2, -0.15) is 0 Å². The SMILES string of the molecule is B.c1nnn[nH]1. The summed E-state index contributed by atoms with van der Waals surface area (Å²) in [6.07, 6.45) is 1.40. The molecule has 1 aromatic rings. The summed E-state index contributed by atoms with van der Waals surface area (Å²) in [5, 5.41) is 12.1. The van der Waals surface area contributed by atoms with Crippen LogP contribution in [0.4, 0.5) is 0 Å². The monoisotopic (exact) mass is 84.1 g/mol. The number of hydrogen-bond donors (Lipinski definition) is 1. The van der Waals surface area contributed by atoms with Crippen molar-refractivity contribution in [2.75, 3.05) is 0 Å². The molecule has 32 valence electrons. The second-order valence-electron chi connectivity index (χ2n) is 0.563. The average molecular weight is 83.9 g/mol. The summed E-state index contributed by atoms with van der Waals surface area (Å²) < 4.78 is 0. The maximum atomic E-state index is 3.31. The molecule has 6 heavy (non-hydrogen) atoms. The van der Waals surface area contributed by atoms with Crippen LogP contribution in [0.15, 0.2) is 6.33 Å². The summed E-state index contributed by atoms with van der Waals surface area (Å²) in [7, 11) is 0. The van der Waals surface area contributed by atoms with Gasteiger partial charge in [-0.05, 0) is 10.4 Å². The fourth-order valence-corrected chi connectivity index (χ4v) is 0.129. The second kappa shape index (κ2) is 2.38. The number of nitrogens with zero attached hydrogens (tertiary/aromatic N) is 3. The van der Waals surface area contributed by atoms with Gasteiger partial charge in [0.2, 0.25) is 0 Å². The van der Waals surface area contributed by atoms with Gasteiger partial charge in [-0.1, -0.05) is 0 Å². The zero-order valence-corrected chi connectivity index (χ0v) is 2.42. The summed E-state index contributed by atoms with van der Waals surface area (Å²) in [4.78, 5) is 0. The lowest BCUT2D eigenvalue weighted by atomic mass is 10.8. The second-order valence-corrected chi connectivity index (χ2v) is 0.563. The van der Waals surface area contributed by atoms with Gasteiger partial charge in [0, 0.05) is 0 Å². The molecule has 0 unspecified atom stereocenters. The van der Waals surface area contributed by atoms with Gasteiger partial charge in [-0.15, -0.1) is 5.10 Å². The van der Waals surface area contributed by atoms with Crippen molar-refractivity contribution in [3.8, 4) is 0 Å². The van der Waals surface area contributed by atoms with E-state index in [1.54, 1.807) is 0 Å². The molecule has 0 saturated carbocycles. The smallest absolute Gasteiger partial charge is 0.135 e. The van der Waals surface area contributed by atoms with E-state index in [4.69, 9.17) is 0 Å². The molecular weight excluding hydrogens is 78.9 g/mol. The Labute approximate surface area is 36.5 Å². The van der Waals surface area contributed by atoms with E-state index < -0.39 is 0 Å². The Morgan fingerprint density at radius 1 is 1.50 bits per heavy atom. The van der Waals surface area contributed by atoms with Gasteiger partial charge in [0.15, 0.2) is 0 Å². The standard InChI is InChI=1S/CH2N4.BH3/c1-2-4-5-3-1;/h1H,(H,2,3,4,5);1H3. The van der Waals surface area contributed by atoms with Gasteiger partial charge in [0.25, 0.3) is 0 Å². The number of H-pyrrole nitrogens is 1. The van der Waals surface area contributed by atoms with E-state index in [1.807, 2.05) is 0 Å². The fourth-order valence-electron chi connectivity index (χ4n) is 0.129.